The Morgan fingerprint density at radius 2 is 1.25 bits per heavy atom. The normalized spacial score (nSPS) is 11.7. The van der Waals surface area contributed by atoms with Gasteiger partial charge in [-0.3, -0.25) is 0 Å². The van der Waals surface area contributed by atoms with E-state index in [1.165, 1.54) is 38.5 Å². The number of hydrogen-bond acceptors (Lipinski definition) is 4. The van der Waals surface area contributed by atoms with Gasteiger partial charge in [0.2, 0.25) is 0 Å². The summed E-state index contributed by atoms with van der Waals surface area (Å²) in [5.41, 5.74) is 0. The molecule has 0 saturated heterocycles. The van der Waals surface area contributed by atoms with E-state index in [1.807, 2.05) is 0 Å². The molecule has 24 heavy (non-hydrogen) atoms. The molecule has 0 aromatic rings. The van der Waals surface area contributed by atoms with Crippen LogP contribution in [0.4, 0.5) is 13.2 Å². The van der Waals surface area contributed by atoms with Crippen LogP contribution in [0.25, 0.3) is 0 Å². The van der Waals surface area contributed by atoms with E-state index in [1.54, 1.807) is 0 Å². The lowest BCUT2D eigenvalue weighted by Crippen LogP contribution is -2.19. The van der Waals surface area contributed by atoms with Crippen molar-refractivity contribution in [3.8, 4) is 0 Å². The summed E-state index contributed by atoms with van der Waals surface area (Å²) < 4.78 is 44.1. The highest BCUT2D eigenvalue weighted by Crippen LogP contribution is 2.14. The highest BCUT2D eigenvalue weighted by Gasteiger charge is 2.29. The standard InChI is InChI=1S/C17H27F3O4/c1-2-3-4-5-6-7-8-9-10-13-23-15(21)11-12-16(22)24-14-17(18,19)20/h11-12H,2-10,13-14H2,1H3/b12-11+. The van der Waals surface area contributed by atoms with Gasteiger partial charge in [0.1, 0.15) is 0 Å². The zero-order valence-corrected chi connectivity index (χ0v) is 14.2. The van der Waals surface area contributed by atoms with Crippen LogP contribution in [0.2, 0.25) is 0 Å². The topological polar surface area (TPSA) is 52.6 Å². The molecule has 0 fully saturated rings. The first-order valence-corrected chi connectivity index (χ1v) is 8.43. The Kier molecular flexibility index (Phi) is 13.0. The molecule has 0 aliphatic carbocycles. The number of unbranched alkanes of at least 4 members (excludes halogenated alkanes) is 8. The second-order valence-corrected chi connectivity index (χ2v) is 5.55. The molecule has 7 heteroatoms. The molecule has 0 amide bonds. The van der Waals surface area contributed by atoms with Crippen LogP contribution in [0, 0.1) is 0 Å². The van der Waals surface area contributed by atoms with Crippen LogP contribution in [-0.4, -0.2) is 31.3 Å². The lowest BCUT2D eigenvalue weighted by atomic mass is 10.1. The minimum atomic E-state index is -4.58. The highest BCUT2D eigenvalue weighted by atomic mass is 19.4. The van der Waals surface area contributed by atoms with E-state index in [9.17, 15) is 22.8 Å². The third-order valence-electron chi connectivity index (χ3n) is 3.23. The largest absolute Gasteiger partial charge is 0.463 e. The number of carbonyl (C=O) groups excluding carboxylic acids is 2. The van der Waals surface area contributed by atoms with E-state index < -0.39 is 24.7 Å². The molecule has 0 aromatic heterocycles. The molecule has 0 aliphatic heterocycles. The molecule has 0 aliphatic rings. The molecule has 0 bridgehead atoms. The van der Waals surface area contributed by atoms with Crippen molar-refractivity contribution < 1.29 is 32.2 Å². The molecule has 140 valence electrons. The Bertz CT molecular complexity index is 379. The molecule has 0 unspecified atom stereocenters. The molecular formula is C17H27F3O4. The first kappa shape index (κ1) is 22.5. The number of rotatable bonds is 13. The summed E-state index contributed by atoms with van der Waals surface area (Å²) in [5.74, 6) is -1.99. The molecule has 0 saturated carbocycles. The van der Waals surface area contributed by atoms with Crippen LogP contribution in [0.15, 0.2) is 12.2 Å². The van der Waals surface area contributed by atoms with E-state index in [0.717, 1.165) is 25.3 Å². The van der Waals surface area contributed by atoms with Crippen LogP contribution in [0.3, 0.4) is 0 Å². The van der Waals surface area contributed by atoms with Gasteiger partial charge in [-0.1, -0.05) is 58.3 Å². The molecule has 0 heterocycles. The fourth-order valence-electron chi connectivity index (χ4n) is 1.97. The van der Waals surface area contributed by atoms with E-state index in [0.29, 0.717) is 6.08 Å². The highest BCUT2D eigenvalue weighted by molar-refractivity contribution is 5.91. The van der Waals surface area contributed by atoms with E-state index in [2.05, 4.69) is 11.7 Å². The van der Waals surface area contributed by atoms with Gasteiger partial charge in [-0.25, -0.2) is 9.59 Å². The van der Waals surface area contributed by atoms with Gasteiger partial charge in [0.25, 0.3) is 0 Å². The van der Waals surface area contributed by atoms with Gasteiger partial charge in [-0.15, -0.1) is 0 Å². The van der Waals surface area contributed by atoms with Gasteiger partial charge in [-0.2, -0.15) is 13.2 Å². The molecular weight excluding hydrogens is 325 g/mol. The van der Waals surface area contributed by atoms with Gasteiger partial charge >= 0.3 is 18.1 Å². The second kappa shape index (κ2) is 13.9. The molecule has 4 nitrogen and oxygen atoms in total. The van der Waals surface area contributed by atoms with Crippen LogP contribution in [0.5, 0.6) is 0 Å². The number of alkyl halides is 3. The number of carbonyl (C=O) groups is 2. The summed E-state index contributed by atoms with van der Waals surface area (Å²) in [6.45, 7) is 0.738. The molecule has 0 aromatic carbocycles. The summed E-state index contributed by atoms with van der Waals surface area (Å²) >= 11 is 0. The maximum absolute atomic E-state index is 11.8. The third kappa shape index (κ3) is 16.8. The Balaban J connectivity index is 3.52. The van der Waals surface area contributed by atoms with Crippen molar-refractivity contribution in [3.63, 3.8) is 0 Å². The van der Waals surface area contributed by atoms with Crippen molar-refractivity contribution in [2.75, 3.05) is 13.2 Å². The molecule has 0 rings (SSSR count). The Morgan fingerprint density at radius 3 is 1.75 bits per heavy atom. The fraction of sp³-hybridized carbons (Fsp3) is 0.765. The smallest absolute Gasteiger partial charge is 0.422 e. The van der Waals surface area contributed by atoms with Crippen molar-refractivity contribution in [3.05, 3.63) is 12.2 Å². The summed E-state index contributed by atoms with van der Waals surface area (Å²) in [7, 11) is 0. The van der Waals surface area contributed by atoms with Gasteiger partial charge < -0.3 is 9.47 Å². The zero-order valence-electron chi connectivity index (χ0n) is 14.2. The summed E-state index contributed by atoms with van der Waals surface area (Å²) in [6.07, 6.45) is 7.05. The molecule has 0 radical (unpaired) electrons. The maximum atomic E-state index is 11.8. The number of halogens is 3. The third-order valence-corrected chi connectivity index (χ3v) is 3.23. The van der Waals surface area contributed by atoms with Crippen molar-refractivity contribution in [1.29, 1.82) is 0 Å². The first-order valence-electron chi connectivity index (χ1n) is 8.43. The minimum Gasteiger partial charge on any atom is -0.463 e. The van der Waals surface area contributed by atoms with Crippen molar-refractivity contribution in [1.82, 2.24) is 0 Å². The maximum Gasteiger partial charge on any atom is 0.422 e. The van der Waals surface area contributed by atoms with Gasteiger partial charge in [-0.05, 0) is 6.42 Å². The SMILES string of the molecule is CCCCCCCCCCCOC(=O)/C=C/C(=O)OCC(F)(F)F. The predicted molar refractivity (Wildman–Crippen MR) is 84.3 cm³/mol. The van der Waals surface area contributed by atoms with Crippen molar-refractivity contribution in [2.24, 2.45) is 0 Å². The monoisotopic (exact) mass is 352 g/mol. The van der Waals surface area contributed by atoms with E-state index >= 15 is 0 Å². The fourth-order valence-corrected chi connectivity index (χ4v) is 1.97. The molecule has 0 spiro atoms. The predicted octanol–water partition coefficient (Wildman–Crippen LogP) is 4.72. The lowest BCUT2D eigenvalue weighted by molar-refractivity contribution is -0.182. The van der Waals surface area contributed by atoms with Crippen molar-refractivity contribution >= 4 is 11.9 Å². The van der Waals surface area contributed by atoms with Gasteiger partial charge in [0.15, 0.2) is 6.61 Å². The quantitative estimate of drug-likeness (QED) is 0.273. The average Bonchev–Trinajstić information content (AvgIpc) is 2.52. The molecule has 0 atom stereocenters. The van der Waals surface area contributed by atoms with Crippen LogP contribution in [-0.2, 0) is 19.1 Å². The summed E-state index contributed by atoms with van der Waals surface area (Å²) in [4.78, 5) is 22.2. The summed E-state index contributed by atoms with van der Waals surface area (Å²) in [5, 5.41) is 0. The van der Waals surface area contributed by atoms with Crippen LogP contribution in [0.1, 0.15) is 64.7 Å². The number of hydrogen-bond donors (Lipinski definition) is 0. The molecule has 0 N–H and O–H groups in total. The minimum absolute atomic E-state index is 0.233. The van der Waals surface area contributed by atoms with Crippen molar-refractivity contribution in [2.45, 2.75) is 70.9 Å². The Morgan fingerprint density at radius 1 is 0.792 bits per heavy atom. The summed E-state index contributed by atoms with van der Waals surface area (Å²) in [6, 6.07) is 0. The number of esters is 2. The van der Waals surface area contributed by atoms with E-state index in [-0.39, 0.29) is 6.61 Å². The van der Waals surface area contributed by atoms with Crippen LogP contribution < -0.4 is 0 Å². The first-order chi connectivity index (χ1) is 11.3. The van der Waals surface area contributed by atoms with E-state index in [4.69, 9.17) is 4.74 Å². The lowest BCUT2D eigenvalue weighted by Gasteiger charge is -2.05. The average molecular weight is 352 g/mol. The van der Waals surface area contributed by atoms with Gasteiger partial charge in [0, 0.05) is 12.2 Å². The second-order valence-electron chi connectivity index (χ2n) is 5.55. The van der Waals surface area contributed by atoms with Crippen LogP contribution >= 0.6 is 0 Å². The Hall–Kier alpha value is -1.53. The zero-order chi connectivity index (χ0) is 18.3. The Labute approximate surface area is 141 Å². The van der Waals surface area contributed by atoms with Gasteiger partial charge in [0.05, 0.1) is 6.61 Å². The number of ether oxygens (including phenoxy) is 2.